The van der Waals surface area contributed by atoms with Gasteiger partial charge >= 0.3 is 0 Å². The maximum Gasteiger partial charge on any atom is 0.0966 e. The molecule has 0 aliphatic rings. The van der Waals surface area contributed by atoms with Crippen LogP contribution in [0.1, 0.15) is 5.69 Å². The molecule has 0 aromatic carbocycles. The van der Waals surface area contributed by atoms with E-state index < -0.39 is 0 Å². The molecule has 0 atom stereocenters. The fraction of sp³-hybridized carbons (Fsp3) is 0.333. The van der Waals surface area contributed by atoms with Gasteiger partial charge in [-0.15, -0.1) is 0 Å². The van der Waals surface area contributed by atoms with Crippen LogP contribution >= 0.6 is 31.9 Å². The predicted octanol–water partition coefficient (Wildman–Crippen LogP) is 2.04. The number of nitrogens with two attached hydrogens (primary N) is 1. The second-order valence-corrected chi connectivity index (χ2v) is 3.64. The van der Waals surface area contributed by atoms with Crippen molar-refractivity contribution in [1.29, 1.82) is 0 Å². The third kappa shape index (κ3) is 1.84. The highest BCUT2D eigenvalue weighted by atomic mass is 79.9. The van der Waals surface area contributed by atoms with Gasteiger partial charge in [0.15, 0.2) is 0 Å². The lowest BCUT2D eigenvalue weighted by Gasteiger charge is -1.89. The Balaban J connectivity index is 2.77. The van der Waals surface area contributed by atoms with Crippen molar-refractivity contribution in [2.24, 2.45) is 5.73 Å². The summed E-state index contributed by atoms with van der Waals surface area (Å²) in [7, 11) is 0. The van der Waals surface area contributed by atoms with E-state index >= 15 is 0 Å². The third-order valence-corrected chi connectivity index (χ3v) is 2.98. The van der Waals surface area contributed by atoms with E-state index in [1.165, 1.54) is 0 Å². The van der Waals surface area contributed by atoms with E-state index in [2.05, 4.69) is 36.8 Å². The van der Waals surface area contributed by atoms with Crippen molar-refractivity contribution in [2.45, 2.75) is 6.42 Å². The van der Waals surface area contributed by atoms with Crippen LogP contribution in [0.4, 0.5) is 0 Å². The zero-order valence-corrected chi connectivity index (χ0v) is 8.50. The van der Waals surface area contributed by atoms with Gasteiger partial charge in [0.2, 0.25) is 0 Å². The van der Waals surface area contributed by atoms with Crippen LogP contribution in [0, 0.1) is 0 Å². The van der Waals surface area contributed by atoms with Gasteiger partial charge in [0.05, 0.1) is 4.60 Å². The minimum atomic E-state index is 0.680. The first-order chi connectivity index (χ1) is 4.74. The Kier molecular flexibility index (Phi) is 2.95. The highest BCUT2D eigenvalue weighted by Gasteiger charge is 2.00. The molecule has 56 valence electrons. The number of aromatic amines is 1. The van der Waals surface area contributed by atoms with E-state index in [1.807, 2.05) is 6.07 Å². The Morgan fingerprint density at radius 3 is 2.60 bits per heavy atom. The van der Waals surface area contributed by atoms with Crippen LogP contribution in [0.3, 0.4) is 0 Å². The second-order valence-electron chi connectivity index (χ2n) is 2.00. The topological polar surface area (TPSA) is 41.8 Å². The molecule has 0 saturated carbocycles. The van der Waals surface area contributed by atoms with Crippen LogP contribution in [0.2, 0.25) is 0 Å². The molecule has 0 aliphatic heterocycles. The number of aromatic nitrogens is 1. The molecule has 2 nitrogen and oxygen atoms in total. The Bertz CT molecular complexity index is 200. The van der Waals surface area contributed by atoms with Crippen LogP contribution in [-0.2, 0) is 6.42 Å². The van der Waals surface area contributed by atoms with Crippen molar-refractivity contribution >= 4 is 31.9 Å². The number of H-pyrrole nitrogens is 1. The van der Waals surface area contributed by atoms with Crippen LogP contribution in [0.5, 0.6) is 0 Å². The Morgan fingerprint density at radius 1 is 1.50 bits per heavy atom. The Hall–Kier alpha value is 0.200. The molecule has 1 aromatic rings. The molecule has 0 saturated heterocycles. The maximum atomic E-state index is 5.37. The minimum Gasteiger partial charge on any atom is -0.352 e. The minimum absolute atomic E-state index is 0.680. The van der Waals surface area contributed by atoms with Gasteiger partial charge in [-0.2, -0.15) is 0 Å². The summed E-state index contributed by atoms with van der Waals surface area (Å²) in [4.78, 5) is 3.14. The molecule has 0 radical (unpaired) electrons. The maximum absolute atomic E-state index is 5.37. The van der Waals surface area contributed by atoms with Gasteiger partial charge in [0.1, 0.15) is 0 Å². The third-order valence-electron chi connectivity index (χ3n) is 1.19. The van der Waals surface area contributed by atoms with Crippen molar-refractivity contribution < 1.29 is 0 Å². The van der Waals surface area contributed by atoms with E-state index in [9.17, 15) is 0 Å². The van der Waals surface area contributed by atoms with Gasteiger partial charge in [-0.05, 0) is 50.9 Å². The average molecular weight is 268 g/mol. The van der Waals surface area contributed by atoms with Crippen LogP contribution in [-0.4, -0.2) is 11.5 Å². The second kappa shape index (κ2) is 3.55. The molecule has 0 spiro atoms. The normalized spacial score (nSPS) is 10.3. The smallest absolute Gasteiger partial charge is 0.0966 e. The molecule has 1 heterocycles. The molecule has 1 aromatic heterocycles. The van der Waals surface area contributed by atoms with Gasteiger partial charge in [-0.1, -0.05) is 0 Å². The summed E-state index contributed by atoms with van der Waals surface area (Å²) < 4.78 is 2.03. The zero-order valence-electron chi connectivity index (χ0n) is 5.32. The summed E-state index contributed by atoms with van der Waals surface area (Å²) in [6.45, 7) is 0.680. The van der Waals surface area contributed by atoms with E-state index in [1.54, 1.807) is 0 Å². The zero-order chi connectivity index (χ0) is 7.56. The number of hydrogen-bond acceptors (Lipinski definition) is 1. The Morgan fingerprint density at radius 2 is 2.20 bits per heavy atom. The van der Waals surface area contributed by atoms with Gasteiger partial charge in [-0.25, -0.2) is 0 Å². The molecule has 0 fully saturated rings. The van der Waals surface area contributed by atoms with Crippen molar-refractivity contribution in [2.75, 3.05) is 6.54 Å². The molecular formula is C6H8Br2N2. The average Bonchev–Trinajstić information content (AvgIpc) is 2.14. The van der Waals surface area contributed by atoms with Gasteiger partial charge in [0.25, 0.3) is 0 Å². The number of hydrogen-bond donors (Lipinski definition) is 2. The van der Waals surface area contributed by atoms with E-state index in [-0.39, 0.29) is 0 Å². The molecule has 0 unspecified atom stereocenters. The number of rotatable bonds is 2. The van der Waals surface area contributed by atoms with E-state index in [4.69, 9.17) is 5.73 Å². The van der Waals surface area contributed by atoms with Gasteiger partial charge in [-0.3, -0.25) is 0 Å². The summed E-state index contributed by atoms with van der Waals surface area (Å²) in [5.74, 6) is 0. The molecule has 4 heteroatoms. The Labute approximate surface area is 76.4 Å². The van der Waals surface area contributed by atoms with Crippen LogP contribution in [0.15, 0.2) is 15.1 Å². The van der Waals surface area contributed by atoms with Gasteiger partial charge in [0, 0.05) is 10.2 Å². The van der Waals surface area contributed by atoms with Crippen molar-refractivity contribution in [3.63, 3.8) is 0 Å². The highest BCUT2D eigenvalue weighted by Crippen LogP contribution is 2.22. The first kappa shape index (κ1) is 8.30. The first-order valence-corrected chi connectivity index (χ1v) is 4.55. The van der Waals surface area contributed by atoms with Crippen molar-refractivity contribution in [3.8, 4) is 0 Å². The molecule has 0 amide bonds. The van der Waals surface area contributed by atoms with E-state index in [0.29, 0.717) is 6.54 Å². The lowest BCUT2D eigenvalue weighted by atomic mass is 10.3. The molecule has 1 rings (SSSR count). The summed E-state index contributed by atoms with van der Waals surface area (Å²) >= 11 is 6.71. The first-order valence-electron chi connectivity index (χ1n) is 2.97. The molecule has 0 aliphatic carbocycles. The number of nitrogens with one attached hydrogen (secondary N) is 1. The van der Waals surface area contributed by atoms with Crippen molar-refractivity contribution in [3.05, 3.63) is 20.8 Å². The molecule has 0 bridgehead atoms. The van der Waals surface area contributed by atoms with Gasteiger partial charge < -0.3 is 10.7 Å². The molecule has 10 heavy (non-hydrogen) atoms. The quantitative estimate of drug-likeness (QED) is 0.846. The SMILES string of the molecule is NCCc1cc(Br)c(Br)[nH]1. The van der Waals surface area contributed by atoms with Crippen LogP contribution < -0.4 is 5.73 Å². The number of halogens is 2. The summed E-state index contributed by atoms with van der Waals surface area (Å²) in [5.41, 5.74) is 6.52. The lowest BCUT2D eigenvalue weighted by Crippen LogP contribution is -2.02. The molecule has 3 N–H and O–H groups in total. The fourth-order valence-electron chi connectivity index (χ4n) is 0.743. The fourth-order valence-corrected chi connectivity index (χ4v) is 1.49. The summed E-state index contributed by atoms with van der Waals surface area (Å²) in [6.07, 6.45) is 0.893. The standard InChI is InChI=1S/C6H8Br2N2/c7-5-3-4(1-2-9)10-6(5)8/h3,10H,1-2,9H2. The summed E-state index contributed by atoms with van der Waals surface area (Å²) in [5, 5.41) is 0. The van der Waals surface area contributed by atoms with E-state index in [0.717, 1.165) is 21.2 Å². The van der Waals surface area contributed by atoms with Crippen LogP contribution in [0.25, 0.3) is 0 Å². The lowest BCUT2D eigenvalue weighted by molar-refractivity contribution is 0.932. The summed E-state index contributed by atoms with van der Waals surface area (Å²) in [6, 6.07) is 2.02. The predicted molar refractivity (Wildman–Crippen MR) is 49.0 cm³/mol. The van der Waals surface area contributed by atoms with Crippen molar-refractivity contribution in [1.82, 2.24) is 4.98 Å². The monoisotopic (exact) mass is 266 g/mol. The highest BCUT2D eigenvalue weighted by molar-refractivity contribution is 9.13. The molecular weight excluding hydrogens is 260 g/mol. The largest absolute Gasteiger partial charge is 0.352 e.